The number of amides is 2. The van der Waals surface area contributed by atoms with Crippen molar-refractivity contribution in [2.75, 3.05) is 0 Å². The number of halogens is 2. The van der Waals surface area contributed by atoms with Crippen molar-refractivity contribution in [1.29, 1.82) is 0 Å². The molecule has 0 saturated heterocycles. The molecular weight excluding hydrogens is 430 g/mol. The lowest BCUT2D eigenvalue weighted by molar-refractivity contribution is -0.151. The Kier molecular flexibility index (Phi) is 10.7. The van der Waals surface area contributed by atoms with Crippen LogP contribution in [0.2, 0.25) is 0 Å². The molecule has 0 spiro atoms. The third kappa shape index (κ3) is 9.27. The first-order valence-electron chi connectivity index (χ1n) is 10.7. The van der Waals surface area contributed by atoms with E-state index in [-0.39, 0.29) is 25.2 Å². The molecule has 1 rings (SSSR count). The summed E-state index contributed by atoms with van der Waals surface area (Å²) in [4.78, 5) is 59.0. The van der Waals surface area contributed by atoms with Gasteiger partial charge in [0.1, 0.15) is 12.1 Å². The molecule has 2 amide bonds. The molecule has 32 heavy (non-hydrogen) atoms. The normalized spacial score (nSPS) is 17.1. The van der Waals surface area contributed by atoms with E-state index in [0.717, 1.165) is 12.8 Å². The van der Waals surface area contributed by atoms with Gasteiger partial charge in [0.25, 0.3) is 5.78 Å². The van der Waals surface area contributed by atoms with Crippen LogP contribution >= 0.6 is 0 Å². The van der Waals surface area contributed by atoms with Crippen molar-refractivity contribution in [2.24, 2.45) is 11.3 Å². The molecule has 0 heterocycles. The Morgan fingerprint density at radius 1 is 0.938 bits per heavy atom. The molecule has 1 saturated carbocycles. The summed E-state index contributed by atoms with van der Waals surface area (Å²) in [6.07, 6.45) is -0.619. The van der Waals surface area contributed by atoms with Crippen molar-refractivity contribution in [3.8, 4) is 0 Å². The van der Waals surface area contributed by atoms with Crippen LogP contribution in [0.3, 0.4) is 0 Å². The highest BCUT2D eigenvalue weighted by atomic mass is 19.3. The molecule has 0 aliphatic heterocycles. The Bertz CT molecular complexity index is 706. The van der Waals surface area contributed by atoms with Gasteiger partial charge in [0.15, 0.2) is 0 Å². The fourth-order valence-electron chi connectivity index (χ4n) is 4.13. The largest absolute Gasteiger partial charge is 0.481 e. The van der Waals surface area contributed by atoms with Gasteiger partial charge in [-0.05, 0) is 37.0 Å². The van der Waals surface area contributed by atoms with Crippen LogP contribution in [0.25, 0.3) is 0 Å². The van der Waals surface area contributed by atoms with E-state index < -0.39 is 59.9 Å². The summed E-state index contributed by atoms with van der Waals surface area (Å²) in [5.41, 5.74) is -0.473. The average molecular weight is 462 g/mol. The Morgan fingerprint density at radius 2 is 1.53 bits per heavy atom. The lowest BCUT2D eigenvalue weighted by Gasteiger charge is -2.29. The van der Waals surface area contributed by atoms with Gasteiger partial charge >= 0.3 is 11.9 Å². The molecule has 0 aromatic carbocycles. The topological polar surface area (TPSA) is 150 Å². The number of Topliss-reactive ketones (excluding diaryl/α,β-unsaturated/α-hetero) is 1. The lowest BCUT2D eigenvalue weighted by Crippen LogP contribution is -2.53. The van der Waals surface area contributed by atoms with Crippen LogP contribution in [0.5, 0.6) is 0 Å². The quantitative estimate of drug-likeness (QED) is 0.289. The smallest absolute Gasteiger partial charge is 0.374 e. The van der Waals surface area contributed by atoms with E-state index in [1.807, 2.05) is 5.32 Å². The third-order valence-corrected chi connectivity index (χ3v) is 5.69. The SMILES string of the molecule is CC(C)CC(NC(=O)CC1(CCC(=O)O)CCCC1)C(=O)NC(CC(F)F)C(=O)C(=O)O. The summed E-state index contributed by atoms with van der Waals surface area (Å²) in [6, 6.07) is -3.06. The number of carboxylic acids is 2. The summed E-state index contributed by atoms with van der Waals surface area (Å²) in [5, 5.41) is 22.4. The molecule has 0 aromatic rings. The molecule has 2 atom stereocenters. The first-order chi connectivity index (χ1) is 14.8. The van der Waals surface area contributed by atoms with Crippen LogP contribution in [-0.4, -0.2) is 58.3 Å². The Balaban J connectivity index is 2.90. The molecule has 0 bridgehead atoms. The minimum absolute atomic E-state index is 0.0245. The summed E-state index contributed by atoms with van der Waals surface area (Å²) in [5.74, 6) is -5.94. The number of ketones is 1. The highest BCUT2D eigenvalue weighted by Gasteiger charge is 2.37. The molecule has 0 radical (unpaired) electrons. The molecule has 0 aromatic heterocycles. The van der Waals surface area contributed by atoms with E-state index in [4.69, 9.17) is 10.2 Å². The maximum Gasteiger partial charge on any atom is 0.374 e. The number of nitrogens with one attached hydrogen (secondary N) is 2. The van der Waals surface area contributed by atoms with E-state index in [9.17, 15) is 32.8 Å². The van der Waals surface area contributed by atoms with Crippen LogP contribution in [0.15, 0.2) is 0 Å². The number of rotatable bonds is 14. The molecular formula is C21H32F2N2O7. The van der Waals surface area contributed by atoms with Gasteiger partial charge < -0.3 is 20.8 Å². The van der Waals surface area contributed by atoms with Gasteiger partial charge in [0.2, 0.25) is 18.2 Å². The number of aliphatic carboxylic acids is 2. The molecule has 9 nitrogen and oxygen atoms in total. The number of hydrogen-bond acceptors (Lipinski definition) is 5. The van der Waals surface area contributed by atoms with Crippen LogP contribution < -0.4 is 10.6 Å². The van der Waals surface area contributed by atoms with Gasteiger partial charge in [0.05, 0.1) is 0 Å². The van der Waals surface area contributed by atoms with Crippen molar-refractivity contribution >= 4 is 29.5 Å². The fourth-order valence-corrected chi connectivity index (χ4v) is 4.13. The van der Waals surface area contributed by atoms with Crippen LogP contribution in [0.4, 0.5) is 8.78 Å². The highest BCUT2D eigenvalue weighted by molar-refractivity contribution is 6.35. The van der Waals surface area contributed by atoms with Crippen molar-refractivity contribution in [3.63, 3.8) is 0 Å². The average Bonchev–Trinajstić information content (AvgIpc) is 3.12. The van der Waals surface area contributed by atoms with Crippen molar-refractivity contribution in [1.82, 2.24) is 10.6 Å². The molecule has 1 aliphatic carbocycles. The summed E-state index contributed by atoms with van der Waals surface area (Å²) in [7, 11) is 0. The summed E-state index contributed by atoms with van der Waals surface area (Å²) in [6.45, 7) is 3.55. The lowest BCUT2D eigenvalue weighted by atomic mass is 9.78. The van der Waals surface area contributed by atoms with Crippen LogP contribution in [-0.2, 0) is 24.0 Å². The first kappa shape index (κ1) is 27.4. The minimum Gasteiger partial charge on any atom is -0.481 e. The maximum absolute atomic E-state index is 12.8. The molecule has 4 N–H and O–H groups in total. The zero-order valence-corrected chi connectivity index (χ0v) is 18.4. The maximum atomic E-state index is 12.8. The number of carboxylic acid groups (broad SMARTS) is 2. The van der Waals surface area contributed by atoms with Gasteiger partial charge in [-0.2, -0.15) is 0 Å². The van der Waals surface area contributed by atoms with Crippen molar-refractivity contribution in [3.05, 3.63) is 0 Å². The van der Waals surface area contributed by atoms with Crippen LogP contribution in [0.1, 0.15) is 71.6 Å². The van der Waals surface area contributed by atoms with E-state index in [0.29, 0.717) is 19.3 Å². The number of hydrogen-bond donors (Lipinski definition) is 4. The fraction of sp³-hybridized carbons (Fsp3) is 0.762. The summed E-state index contributed by atoms with van der Waals surface area (Å²) >= 11 is 0. The second-order valence-electron chi connectivity index (χ2n) is 8.88. The number of carbonyl (C=O) groups is 5. The van der Waals surface area contributed by atoms with Gasteiger partial charge in [0, 0.05) is 19.3 Å². The zero-order valence-electron chi connectivity index (χ0n) is 18.4. The highest BCUT2D eigenvalue weighted by Crippen LogP contribution is 2.44. The Labute approximate surface area is 185 Å². The molecule has 182 valence electrons. The molecule has 2 unspecified atom stereocenters. The standard InChI is InChI=1S/C21H32F2N2O7/c1-12(2)9-14(19(30)25-13(10-15(22)23)18(29)20(31)32)24-16(26)11-21(6-3-4-7-21)8-5-17(27)28/h12-15H,3-11H2,1-2H3,(H,24,26)(H,25,30)(H,27,28)(H,31,32). The Hall–Kier alpha value is -2.59. The monoisotopic (exact) mass is 462 g/mol. The second kappa shape index (κ2) is 12.4. The Morgan fingerprint density at radius 3 is 2.00 bits per heavy atom. The molecule has 1 aliphatic rings. The summed E-state index contributed by atoms with van der Waals surface area (Å²) < 4.78 is 25.5. The van der Waals surface area contributed by atoms with Gasteiger partial charge in [-0.25, -0.2) is 13.6 Å². The van der Waals surface area contributed by atoms with Crippen molar-refractivity contribution < 1.29 is 43.0 Å². The number of carbonyl (C=O) groups excluding carboxylic acids is 3. The third-order valence-electron chi connectivity index (χ3n) is 5.69. The second-order valence-corrected chi connectivity index (χ2v) is 8.88. The minimum atomic E-state index is -3.02. The van der Waals surface area contributed by atoms with E-state index in [2.05, 4.69) is 5.32 Å². The van der Waals surface area contributed by atoms with Gasteiger partial charge in [-0.15, -0.1) is 0 Å². The van der Waals surface area contributed by atoms with Gasteiger partial charge in [-0.3, -0.25) is 19.2 Å². The van der Waals surface area contributed by atoms with E-state index in [1.54, 1.807) is 13.8 Å². The number of alkyl halides is 2. The first-order valence-corrected chi connectivity index (χ1v) is 10.7. The van der Waals surface area contributed by atoms with Crippen molar-refractivity contribution in [2.45, 2.75) is 90.1 Å². The molecule has 11 heteroatoms. The van der Waals surface area contributed by atoms with Gasteiger partial charge in [-0.1, -0.05) is 26.7 Å². The predicted octanol–water partition coefficient (Wildman–Crippen LogP) is 2.13. The predicted molar refractivity (Wildman–Crippen MR) is 109 cm³/mol. The molecule has 1 fully saturated rings. The van der Waals surface area contributed by atoms with E-state index >= 15 is 0 Å². The zero-order chi connectivity index (χ0) is 24.5. The van der Waals surface area contributed by atoms with Crippen LogP contribution in [0, 0.1) is 11.3 Å². The van der Waals surface area contributed by atoms with E-state index in [1.165, 1.54) is 0 Å².